The van der Waals surface area contributed by atoms with Crippen LogP contribution in [0.5, 0.6) is 0 Å². The van der Waals surface area contributed by atoms with E-state index in [0.717, 1.165) is 25.7 Å². The lowest BCUT2D eigenvalue weighted by molar-refractivity contribution is -0.517. The van der Waals surface area contributed by atoms with Crippen LogP contribution >= 0.6 is 0 Å². The zero-order chi connectivity index (χ0) is 13.1. The van der Waals surface area contributed by atoms with Gasteiger partial charge in [-0.3, -0.25) is 4.89 Å². The molecule has 4 heteroatoms. The van der Waals surface area contributed by atoms with Gasteiger partial charge in [0.25, 0.3) is 0 Å². The largest absolute Gasteiger partial charge is 0.345 e. The fourth-order valence-corrected chi connectivity index (χ4v) is 1.35. The van der Waals surface area contributed by atoms with Crippen molar-refractivity contribution < 1.29 is 19.6 Å². The minimum absolute atomic E-state index is 0.371. The predicted molar refractivity (Wildman–Crippen MR) is 66.0 cm³/mol. The SMILES string of the molecule is CCCCCC(C)(C)OOOC(=O)CCCC. The van der Waals surface area contributed by atoms with Crippen molar-refractivity contribution in [2.24, 2.45) is 0 Å². The molecular formula is C13H26O4. The molecule has 0 saturated carbocycles. The molecule has 0 amide bonds. The zero-order valence-corrected chi connectivity index (χ0v) is 11.6. The lowest BCUT2D eigenvalue weighted by atomic mass is 10.0. The minimum Gasteiger partial charge on any atom is -0.269 e. The van der Waals surface area contributed by atoms with Crippen LogP contribution in [0, 0.1) is 0 Å². The van der Waals surface area contributed by atoms with Gasteiger partial charge in [0.15, 0.2) is 0 Å². The summed E-state index contributed by atoms with van der Waals surface area (Å²) >= 11 is 0. The standard InChI is InChI=1S/C13H26O4/c1-5-7-9-11-13(3,4)16-17-15-12(14)10-8-6-2/h5-11H2,1-4H3. The second-order valence-electron chi connectivity index (χ2n) is 4.93. The molecule has 0 fully saturated rings. The van der Waals surface area contributed by atoms with Crippen molar-refractivity contribution in [3.05, 3.63) is 0 Å². The van der Waals surface area contributed by atoms with E-state index < -0.39 is 5.60 Å². The molecule has 0 unspecified atom stereocenters. The molecule has 102 valence electrons. The maximum atomic E-state index is 11.1. The Labute approximate surface area is 104 Å². The highest BCUT2D eigenvalue weighted by Gasteiger charge is 2.20. The Hall–Kier alpha value is -0.610. The fraction of sp³-hybridized carbons (Fsp3) is 0.923. The normalized spacial score (nSPS) is 11.5. The van der Waals surface area contributed by atoms with Crippen molar-refractivity contribution in [1.82, 2.24) is 0 Å². The third-order valence-corrected chi connectivity index (χ3v) is 2.50. The number of hydrogen-bond donors (Lipinski definition) is 0. The van der Waals surface area contributed by atoms with Gasteiger partial charge in [-0.15, -0.1) is 0 Å². The van der Waals surface area contributed by atoms with E-state index in [-0.39, 0.29) is 5.97 Å². The van der Waals surface area contributed by atoms with Gasteiger partial charge in [0.1, 0.15) is 5.60 Å². The van der Waals surface area contributed by atoms with Crippen molar-refractivity contribution >= 4 is 5.97 Å². The van der Waals surface area contributed by atoms with E-state index in [1.807, 2.05) is 20.8 Å². The molecule has 0 radical (unpaired) electrons. The third-order valence-electron chi connectivity index (χ3n) is 2.50. The molecule has 0 bridgehead atoms. The van der Waals surface area contributed by atoms with E-state index in [2.05, 4.69) is 16.8 Å². The van der Waals surface area contributed by atoms with Gasteiger partial charge in [-0.1, -0.05) is 39.5 Å². The summed E-state index contributed by atoms with van der Waals surface area (Å²) in [5, 5.41) is 4.54. The summed E-state index contributed by atoms with van der Waals surface area (Å²) in [7, 11) is 0. The first-order valence-electron chi connectivity index (χ1n) is 6.57. The fourth-order valence-electron chi connectivity index (χ4n) is 1.35. The molecule has 0 aliphatic carbocycles. The Kier molecular flexibility index (Phi) is 9.09. The number of carbonyl (C=O) groups excluding carboxylic acids is 1. The highest BCUT2D eigenvalue weighted by atomic mass is 17.5. The number of carbonyl (C=O) groups is 1. The summed E-state index contributed by atoms with van der Waals surface area (Å²) in [5.41, 5.74) is -0.416. The molecule has 0 spiro atoms. The van der Waals surface area contributed by atoms with Crippen LogP contribution < -0.4 is 0 Å². The number of hydrogen-bond acceptors (Lipinski definition) is 4. The molecule has 4 nitrogen and oxygen atoms in total. The lowest BCUT2D eigenvalue weighted by Gasteiger charge is -2.21. The highest BCUT2D eigenvalue weighted by Crippen LogP contribution is 2.19. The number of unbranched alkanes of at least 4 members (excludes halogenated alkanes) is 3. The Morgan fingerprint density at radius 2 is 1.71 bits per heavy atom. The van der Waals surface area contributed by atoms with Crippen LogP contribution in [-0.4, -0.2) is 11.6 Å². The van der Waals surface area contributed by atoms with Crippen LogP contribution in [0.15, 0.2) is 0 Å². The summed E-state index contributed by atoms with van der Waals surface area (Å²) in [6.07, 6.45) is 6.44. The summed E-state index contributed by atoms with van der Waals surface area (Å²) in [5.74, 6) is -0.379. The van der Waals surface area contributed by atoms with E-state index in [4.69, 9.17) is 4.89 Å². The van der Waals surface area contributed by atoms with E-state index in [1.165, 1.54) is 12.8 Å². The maximum absolute atomic E-state index is 11.1. The van der Waals surface area contributed by atoms with Crippen LogP contribution in [0.3, 0.4) is 0 Å². The molecule has 0 N–H and O–H groups in total. The predicted octanol–water partition coefficient (Wildman–Crippen LogP) is 3.94. The van der Waals surface area contributed by atoms with Gasteiger partial charge >= 0.3 is 5.97 Å². The van der Waals surface area contributed by atoms with Gasteiger partial charge in [0, 0.05) is 6.42 Å². The third kappa shape index (κ3) is 10.3. The smallest absolute Gasteiger partial charge is 0.269 e. The van der Waals surface area contributed by atoms with Crippen LogP contribution in [-0.2, 0) is 19.6 Å². The summed E-state index contributed by atoms with van der Waals surface area (Å²) in [6.45, 7) is 8.01. The molecule has 0 aliphatic rings. The van der Waals surface area contributed by atoms with Crippen molar-refractivity contribution in [2.45, 2.75) is 78.2 Å². The van der Waals surface area contributed by atoms with Gasteiger partial charge in [0.05, 0.1) is 0 Å². The first-order chi connectivity index (χ1) is 8.02. The second-order valence-corrected chi connectivity index (χ2v) is 4.93. The Morgan fingerprint density at radius 1 is 1.06 bits per heavy atom. The van der Waals surface area contributed by atoms with Crippen molar-refractivity contribution in [3.8, 4) is 0 Å². The van der Waals surface area contributed by atoms with Crippen LogP contribution in [0.2, 0.25) is 0 Å². The van der Waals surface area contributed by atoms with Crippen LogP contribution in [0.1, 0.15) is 72.6 Å². The summed E-state index contributed by atoms with van der Waals surface area (Å²) < 4.78 is 0. The monoisotopic (exact) mass is 246 g/mol. The molecule has 0 atom stereocenters. The maximum Gasteiger partial charge on any atom is 0.345 e. The second kappa shape index (κ2) is 9.42. The average molecular weight is 246 g/mol. The Balaban J connectivity index is 3.60. The minimum atomic E-state index is -0.416. The highest BCUT2D eigenvalue weighted by molar-refractivity contribution is 5.68. The Bertz CT molecular complexity index is 202. The molecule has 17 heavy (non-hydrogen) atoms. The van der Waals surface area contributed by atoms with E-state index in [0.29, 0.717) is 6.42 Å². The van der Waals surface area contributed by atoms with Crippen LogP contribution in [0.25, 0.3) is 0 Å². The lowest BCUT2D eigenvalue weighted by Crippen LogP contribution is -2.25. The summed E-state index contributed by atoms with van der Waals surface area (Å²) in [6, 6.07) is 0. The molecule has 0 saturated heterocycles. The average Bonchev–Trinajstić information content (AvgIpc) is 2.26. The van der Waals surface area contributed by atoms with Crippen molar-refractivity contribution in [1.29, 1.82) is 0 Å². The van der Waals surface area contributed by atoms with Gasteiger partial charge in [-0.05, 0) is 31.7 Å². The Morgan fingerprint density at radius 3 is 2.29 bits per heavy atom. The van der Waals surface area contributed by atoms with E-state index >= 15 is 0 Å². The summed E-state index contributed by atoms with van der Waals surface area (Å²) in [4.78, 5) is 20.7. The molecule has 0 aliphatic heterocycles. The van der Waals surface area contributed by atoms with Crippen molar-refractivity contribution in [3.63, 3.8) is 0 Å². The molecule has 0 aromatic carbocycles. The zero-order valence-electron chi connectivity index (χ0n) is 11.6. The first kappa shape index (κ1) is 16.4. The molecule has 0 aromatic heterocycles. The topological polar surface area (TPSA) is 44.8 Å². The molecule has 0 aromatic rings. The molecular weight excluding hydrogens is 220 g/mol. The van der Waals surface area contributed by atoms with Gasteiger partial charge in [-0.25, -0.2) is 4.79 Å². The molecule has 0 heterocycles. The number of rotatable bonds is 10. The van der Waals surface area contributed by atoms with Gasteiger partial charge < -0.3 is 0 Å². The van der Waals surface area contributed by atoms with Gasteiger partial charge in [0.2, 0.25) is 0 Å². The molecule has 0 rings (SSSR count). The van der Waals surface area contributed by atoms with Gasteiger partial charge in [-0.2, -0.15) is 4.89 Å². The quantitative estimate of drug-likeness (QED) is 0.333. The van der Waals surface area contributed by atoms with E-state index in [9.17, 15) is 4.79 Å². The van der Waals surface area contributed by atoms with E-state index in [1.54, 1.807) is 0 Å². The van der Waals surface area contributed by atoms with Crippen LogP contribution in [0.4, 0.5) is 0 Å². The first-order valence-corrected chi connectivity index (χ1v) is 6.57. The van der Waals surface area contributed by atoms with Crippen molar-refractivity contribution in [2.75, 3.05) is 0 Å².